The molecule has 70 valence electrons. The minimum atomic E-state index is -0.806. The first kappa shape index (κ1) is 11.4. The van der Waals surface area contributed by atoms with Crippen molar-refractivity contribution in [3.8, 4) is 0 Å². The molecule has 0 fully saturated rings. The van der Waals surface area contributed by atoms with Gasteiger partial charge in [0, 0.05) is 12.0 Å². The first-order valence-corrected chi connectivity index (χ1v) is 4.25. The molecule has 12 heavy (non-hydrogen) atoms. The summed E-state index contributed by atoms with van der Waals surface area (Å²) in [6.45, 7) is 6.38. The van der Waals surface area contributed by atoms with Crippen molar-refractivity contribution in [2.24, 2.45) is 5.41 Å². The molecule has 0 aliphatic rings. The Morgan fingerprint density at radius 1 is 1.50 bits per heavy atom. The lowest BCUT2D eigenvalue weighted by molar-refractivity contribution is -0.136. The molecule has 0 aromatic carbocycles. The fourth-order valence-electron chi connectivity index (χ4n) is 0.548. The van der Waals surface area contributed by atoms with E-state index >= 15 is 0 Å². The largest absolute Gasteiger partial charge is 0.481 e. The first-order valence-electron chi connectivity index (χ1n) is 3.84. The van der Waals surface area contributed by atoms with E-state index in [2.05, 4.69) is 5.32 Å². The summed E-state index contributed by atoms with van der Waals surface area (Å²) in [5, 5.41) is 11.3. The van der Waals surface area contributed by atoms with Gasteiger partial charge in [0.05, 0.1) is 11.4 Å². The predicted octanol–water partition coefficient (Wildman–Crippen LogP) is 1.42. The van der Waals surface area contributed by atoms with E-state index in [1.54, 1.807) is 0 Å². The zero-order chi connectivity index (χ0) is 9.78. The fraction of sp³-hybridized carbons (Fsp3) is 0.750. The molecule has 0 amide bonds. The summed E-state index contributed by atoms with van der Waals surface area (Å²) in [5.41, 5.74) is -0.0756. The normalized spacial score (nSPS) is 10.9. The Morgan fingerprint density at radius 2 is 2.00 bits per heavy atom. The van der Waals surface area contributed by atoms with E-state index in [0.29, 0.717) is 11.5 Å². The van der Waals surface area contributed by atoms with Crippen molar-refractivity contribution >= 4 is 23.2 Å². The minimum Gasteiger partial charge on any atom is -0.481 e. The van der Waals surface area contributed by atoms with Gasteiger partial charge in [-0.25, -0.2) is 0 Å². The van der Waals surface area contributed by atoms with Crippen LogP contribution in [0.5, 0.6) is 0 Å². The topological polar surface area (TPSA) is 49.3 Å². The second-order valence-electron chi connectivity index (χ2n) is 3.65. The van der Waals surface area contributed by atoms with Crippen LogP contribution in [-0.4, -0.2) is 22.6 Å². The van der Waals surface area contributed by atoms with Crippen LogP contribution >= 0.6 is 12.2 Å². The number of carboxylic acids is 1. The highest BCUT2D eigenvalue weighted by atomic mass is 32.1. The predicted molar refractivity (Wildman–Crippen MR) is 52.3 cm³/mol. The monoisotopic (exact) mass is 189 g/mol. The molecule has 0 aromatic rings. The van der Waals surface area contributed by atoms with Gasteiger partial charge in [0.2, 0.25) is 0 Å². The molecule has 0 spiro atoms. The van der Waals surface area contributed by atoms with Crippen LogP contribution in [0.1, 0.15) is 27.2 Å². The standard InChI is InChI=1S/C8H15NO2S/c1-8(2,3)7(12)9-5-4-6(10)11/h4-5H2,1-3H3,(H,9,12)(H,10,11). The molecular formula is C8H15NO2S. The van der Waals surface area contributed by atoms with Gasteiger partial charge in [-0.1, -0.05) is 33.0 Å². The van der Waals surface area contributed by atoms with Crippen molar-refractivity contribution in [3.63, 3.8) is 0 Å². The number of hydrogen-bond donors (Lipinski definition) is 2. The summed E-state index contributed by atoms with van der Waals surface area (Å²) < 4.78 is 0. The van der Waals surface area contributed by atoms with E-state index in [9.17, 15) is 4.79 Å². The second-order valence-corrected chi connectivity index (χ2v) is 4.06. The molecule has 0 atom stereocenters. The molecule has 0 radical (unpaired) electrons. The molecule has 0 aliphatic carbocycles. The third-order valence-electron chi connectivity index (χ3n) is 1.31. The molecule has 0 unspecified atom stereocenters. The highest BCUT2D eigenvalue weighted by molar-refractivity contribution is 7.80. The fourth-order valence-corrected chi connectivity index (χ4v) is 0.650. The van der Waals surface area contributed by atoms with E-state index in [4.69, 9.17) is 17.3 Å². The van der Waals surface area contributed by atoms with E-state index in [-0.39, 0.29) is 11.8 Å². The third kappa shape index (κ3) is 5.07. The molecule has 0 bridgehead atoms. The van der Waals surface area contributed by atoms with Crippen LogP contribution in [0, 0.1) is 5.41 Å². The van der Waals surface area contributed by atoms with Gasteiger partial charge in [0.25, 0.3) is 0 Å². The SMILES string of the molecule is CC(C)(C)C(=S)NCCC(=O)O. The zero-order valence-corrected chi connectivity index (χ0v) is 8.49. The minimum absolute atomic E-state index is 0.0756. The number of nitrogens with one attached hydrogen (secondary N) is 1. The number of hydrogen-bond acceptors (Lipinski definition) is 2. The lowest BCUT2D eigenvalue weighted by atomic mass is 9.97. The van der Waals surface area contributed by atoms with Crippen LogP contribution < -0.4 is 5.32 Å². The highest BCUT2D eigenvalue weighted by Gasteiger charge is 2.16. The lowest BCUT2D eigenvalue weighted by Gasteiger charge is -2.20. The molecule has 0 aliphatic heterocycles. The van der Waals surface area contributed by atoms with Crippen molar-refractivity contribution in [2.75, 3.05) is 6.54 Å². The molecule has 0 saturated carbocycles. The van der Waals surface area contributed by atoms with E-state index in [0.717, 1.165) is 0 Å². The van der Waals surface area contributed by atoms with E-state index < -0.39 is 5.97 Å². The van der Waals surface area contributed by atoms with Gasteiger partial charge in [-0.05, 0) is 0 Å². The maximum Gasteiger partial charge on any atom is 0.305 e. The first-order chi connectivity index (χ1) is 5.34. The van der Waals surface area contributed by atoms with Crippen molar-refractivity contribution in [1.29, 1.82) is 0 Å². The summed E-state index contributed by atoms with van der Waals surface area (Å²) in [7, 11) is 0. The van der Waals surface area contributed by atoms with Crippen LogP contribution in [0.15, 0.2) is 0 Å². The van der Waals surface area contributed by atoms with E-state index in [1.165, 1.54) is 0 Å². The second kappa shape index (κ2) is 4.40. The van der Waals surface area contributed by atoms with Crippen LogP contribution in [0.25, 0.3) is 0 Å². The maximum atomic E-state index is 10.1. The average Bonchev–Trinajstić information content (AvgIpc) is 1.84. The number of rotatable bonds is 3. The van der Waals surface area contributed by atoms with Gasteiger partial charge < -0.3 is 10.4 Å². The summed E-state index contributed by atoms with van der Waals surface area (Å²) >= 11 is 5.04. The highest BCUT2D eigenvalue weighted by Crippen LogP contribution is 2.13. The Labute approximate surface area is 78.2 Å². The van der Waals surface area contributed by atoms with Crippen molar-refractivity contribution in [1.82, 2.24) is 5.32 Å². The summed E-state index contributed by atoms with van der Waals surface area (Å²) in [5.74, 6) is -0.806. The molecular weight excluding hydrogens is 174 g/mol. The molecule has 0 rings (SSSR count). The Kier molecular flexibility index (Phi) is 4.17. The lowest BCUT2D eigenvalue weighted by Crippen LogP contribution is -2.34. The average molecular weight is 189 g/mol. The molecule has 3 nitrogen and oxygen atoms in total. The summed E-state index contributed by atoms with van der Waals surface area (Å²) in [6.07, 6.45) is 0.107. The van der Waals surface area contributed by atoms with Gasteiger partial charge in [-0.3, -0.25) is 4.79 Å². The summed E-state index contributed by atoms with van der Waals surface area (Å²) in [4.78, 5) is 10.9. The third-order valence-corrected chi connectivity index (χ3v) is 2.06. The Hall–Kier alpha value is -0.640. The van der Waals surface area contributed by atoms with Gasteiger partial charge in [-0.2, -0.15) is 0 Å². The van der Waals surface area contributed by atoms with Gasteiger partial charge in [0.1, 0.15) is 0 Å². The summed E-state index contributed by atoms with van der Waals surface area (Å²) in [6, 6.07) is 0. The van der Waals surface area contributed by atoms with Gasteiger partial charge in [-0.15, -0.1) is 0 Å². The van der Waals surface area contributed by atoms with Crippen LogP contribution in [0.2, 0.25) is 0 Å². The number of thiocarbonyl (C=S) groups is 1. The number of carboxylic acid groups (broad SMARTS) is 1. The maximum absolute atomic E-state index is 10.1. The van der Waals surface area contributed by atoms with Crippen molar-refractivity contribution in [2.45, 2.75) is 27.2 Å². The van der Waals surface area contributed by atoms with Crippen molar-refractivity contribution < 1.29 is 9.90 Å². The quantitative estimate of drug-likeness (QED) is 0.659. The van der Waals surface area contributed by atoms with Crippen LogP contribution in [-0.2, 0) is 4.79 Å². The van der Waals surface area contributed by atoms with Crippen molar-refractivity contribution in [3.05, 3.63) is 0 Å². The van der Waals surface area contributed by atoms with Gasteiger partial charge >= 0.3 is 5.97 Å². The van der Waals surface area contributed by atoms with E-state index in [1.807, 2.05) is 20.8 Å². The smallest absolute Gasteiger partial charge is 0.305 e. The molecule has 2 N–H and O–H groups in total. The van der Waals surface area contributed by atoms with Gasteiger partial charge in [0.15, 0.2) is 0 Å². The zero-order valence-electron chi connectivity index (χ0n) is 7.68. The molecule has 4 heteroatoms. The van der Waals surface area contributed by atoms with Crippen LogP contribution in [0.3, 0.4) is 0 Å². The molecule has 0 heterocycles. The Morgan fingerprint density at radius 3 is 2.33 bits per heavy atom. The Bertz CT molecular complexity index is 184. The van der Waals surface area contributed by atoms with Crippen LogP contribution in [0.4, 0.5) is 0 Å². The Balaban J connectivity index is 3.66. The molecule has 0 saturated heterocycles. The number of aliphatic carboxylic acids is 1. The molecule has 0 aromatic heterocycles. The number of carbonyl (C=O) groups is 1.